The molecule has 2 fully saturated rings. The van der Waals surface area contributed by atoms with Crippen LogP contribution in [0.15, 0.2) is 30.3 Å². The Morgan fingerprint density at radius 1 is 1.28 bits per heavy atom. The van der Waals surface area contributed by atoms with Crippen molar-refractivity contribution in [2.24, 2.45) is 0 Å². The molecule has 2 saturated heterocycles. The Hall–Kier alpha value is -0.790. The van der Waals surface area contributed by atoms with Gasteiger partial charge in [0, 0.05) is 0 Å². The fraction of sp³-hybridized carbons (Fsp3) is 0.500. The number of ether oxygens (including phenoxy) is 2. The first-order valence-corrected chi connectivity index (χ1v) is 6.82. The van der Waals surface area contributed by atoms with Gasteiger partial charge in [-0.05, 0) is 5.56 Å². The summed E-state index contributed by atoms with van der Waals surface area (Å²) in [5.41, 5.74) is 1.11. The summed E-state index contributed by atoms with van der Waals surface area (Å²) >= 11 is -1.63. The summed E-state index contributed by atoms with van der Waals surface area (Å²) in [6.07, 6.45) is -0.706. The zero-order valence-electron chi connectivity index (χ0n) is 9.69. The smallest absolute Gasteiger partial charge is 0.305 e. The molecule has 2 aliphatic rings. The van der Waals surface area contributed by atoms with Crippen molar-refractivity contribution >= 4 is 11.4 Å². The SMILES string of the molecule is O=S1O[C@H]2[C@H](CO[C@@H]2COCc2ccccc2)O1. The number of hydrogen-bond donors (Lipinski definition) is 0. The molecule has 0 N–H and O–H groups in total. The molecular formula is C12H14O5S. The molecule has 5 nitrogen and oxygen atoms in total. The van der Waals surface area contributed by atoms with Crippen LogP contribution in [-0.4, -0.2) is 35.7 Å². The van der Waals surface area contributed by atoms with Crippen molar-refractivity contribution in [2.45, 2.75) is 24.9 Å². The molecule has 0 aliphatic carbocycles. The third-order valence-corrected chi connectivity index (χ3v) is 3.78. The number of fused-ring (bicyclic) bond motifs is 1. The van der Waals surface area contributed by atoms with Crippen molar-refractivity contribution in [3.05, 3.63) is 35.9 Å². The van der Waals surface area contributed by atoms with Crippen LogP contribution in [0.2, 0.25) is 0 Å². The van der Waals surface area contributed by atoms with Gasteiger partial charge < -0.3 is 9.47 Å². The van der Waals surface area contributed by atoms with Gasteiger partial charge in [0.2, 0.25) is 0 Å². The Labute approximate surface area is 108 Å². The average molecular weight is 270 g/mol. The molecule has 1 unspecified atom stereocenters. The maximum atomic E-state index is 11.1. The maximum absolute atomic E-state index is 11.1. The molecule has 0 aromatic heterocycles. The molecule has 6 heteroatoms. The lowest BCUT2D eigenvalue weighted by Crippen LogP contribution is -2.31. The molecule has 0 radical (unpaired) electrons. The predicted molar refractivity (Wildman–Crippen MR) is 63.7 cm³/mol. The molecule has 2 aliphatic heterocycles. The first kappa shape index (κ1) is 12.3. The summed E-state index contributed by atoms with van der Waals surface area (Å²) < 4.78 is 32.3. The zero-order chi connectivity index (χ0) is 12.4. The largest absolute Gasteiger partial charge is 0.374 e. The Kier molecular flexibility index (Phi) is 3.72. The quantitative estimate of drug-likeness (QED) is 0.816. The highest BCUT2D eigenvalue weighted by atomic mass is 32.2. The summed E-state index contributed by atoms with van der Waals surface area (Å²) in [7, 11) is 0. The number of benzene rings is 1. The molecule has 0 spiro atoms. The normalized spacial score (nSPS) is 34.7. The van der Waals surface area contributed by atoms with Crippen LogP contribution in [0.4, 0.5) is 0 Å². The van der Waals surface area contributed by atoms with E-state index in [4.69, 9.17) is 17.8 Å². The van der Waals surface area contributed by atoms with E-state index >= 15 is 0 Å². The molecule has 1 aromatic rings. The Morgan fingerprint density at radius 2 is 2.11 bits per heavy atom. The summed E-state index contributed by atoms with van der Waals surface area (Å²) in [5, 5.41) is 0. The standard InChI is InChI=1S/C12H14O5S/c13-18-16-11-8-15-10(12(11)17-18)7-14-6-9-4-2-1-3-5-9/h1-5,10-12H,6-8H2/t10-,11+,12-,18?/m1/s1. The highest BCUT2D eigenvalue weighted by Crippen LogP contribution is 2.28. The molecule has 18 heavy (non-hydrogen) atoms. The van der Waals surface area contributed by atoms with Crippen LogP contribution in [0.5, 0.6) is 0 Å². The van der Waals surface area contributed by atoms with E-state index in [2.05, 4.69) is 0 Å². The van der Waals surface area contributed by atoms with Crippen molar-refractivity contribution in [1.29, 1.82) is 0 Å². The van der Waals surface area contributed by atoms with Gasteiger partial charge in [0.05, 0.1) is 19.8 Å². The Balaban J connectivity index is 1.48. The lowest BCUT2D eigenvalue weighted by atomic mass is 10.1. The van der Waals surface area contributed by atoms with Crippen LogP contribution < -0.4 is 0 Å². The Morgan fingerprint density at radius 3 is 2.94 bits per heavy atom. The minimum Gasteiger partial charge on any atom is -0.374 e. The second-order valence-electron chi connectivity index (χ2n) is 4.27. The van der Waals surface area contributed by atoms with E-state index in [1.54, 1.807) is 0 Å². The summed E-state index contributed by atoms with van der Waals surface area (Å²) in [4.78, 5) is 0. The summed E-state index contributed by atoms with van der Waals surface area (Å²) in [5.74, 6) is 0. The topological polar surface area (TPSA) is 54.0 Å². The van der Waals surface area contributed by atoms with Crippen molar-refractivity contribution in [1.82, 2.24) is 0 Å². The molecular weight excluding hydrogens is 256 g/mol. The van der Waals surface area contributed by atoms with Crippen LogP contribution in [0.3, 0.4) is 0 Å². The third-order valence-electron chi connectivity index (χ3n) is 2.99. The Bertz CT molecular complexity index is 424. The van der Waals surface area contributed by atoms with E-state index in [-0.39, 0.29) is 18.3 Å². The second-order valence-corrected chi connectivity index (χ2v) is 5.07. The monoisotopic (exact) mass is 270 g/mol. The van der Waals surface area contributed by atoms with Gasteiger partial charge in [-0.15, -0.1) is 0 Å². The predicted octanol–water partition coefficient (Wildman–Crippen LogP) is 0.965. The second kappa shape index (κ2) is 5.46. The fourth-order valence-corrected chi connectivity index (χ4v) is 2.92. The number of hydrogen-bond acceptors (Lipinski definition) is 5. The molecule has 98 valence electrons. The van der Waals surface area contributed by atoms with Crippen LogP contribution in [0.25, 0.3) is 0 Å². The van der Waals surface area contributed by atoms with Crippen molar-refractivity contribution < 1.29 is 22.0 Å². The van der Waals surface area contributed by atoms with Gasteiger partial charge in [-0.2, -0.15) is 4.21 Å². The lowest BCUT2D eigenvalue weighted by Gasteiger charge is -2.14. The zero-order valence-corrected chi connectivity index (χ0v) is 10.5. The van der Waals surface area contributed by atoms with E-state index in [9.17, 15) is 4.21 Å². The van der Waals surface area contributed by atoms with E-state index in [0.717, 1.165) is 5.56 Å². The van der Waals surface area contributed by atoms with Gasteiger partial charge in [0.1, 0.15) is 18.3 Å². The molecule has 0 amide bonds. The van der Waals surface area contributed by atoms with Crippen LogP contribution in [0, 0.1) is 0 Å². The van der Waals surface area contributed by atoms with Crippen molar-refractivity contribution in [3.63, 3.8) is 0 Å². The minimum absolute atomic E-state index is 0.204. The molecule has 2 heterocycles. The van der Waals surface area contributed by atoms with Gasteiger partial charge in [0.25, 0.3) is 0 Å². The molecule has 0 saturated carbocycles. The van der Waals surface area contributed by atoms with Crippen molar-refractivity contribution in [3.8, 4) is 0 Å². The third kappa shape index (κ3) is 2.62. The minimum atomic E-state index is -1.63. The van der Waals surface area contributed by atoms with Gasteiger partial charge >= 0.3 is 11.4 Å². The van der Waals surface area contributed by atoms with Crippen molar-refractivity contribution in [2.75, 3.05) is 13.2 Å². The molecule has 0 bridgehead atoms. The summed E-state index contributed by atoms with van der Waals surface area (Å²) in [6, 6.07) is 9.91. The number of rotatable bonds is 4. The van der Waals surface area contributed by atoms with Gasteiger partial charge in [-0.25, -0.2) is 0 Å². The summed E-state index contributed by atoms with van der Waals surface area (Å²) in [6.45, 7) is 1.36. The first-order valence-electron chi connectivity index (χ1n) is 5.82. The van der Waals surface area contributed by atoms with E-state index in [1.165, 1.54) is 0 Å². The maximum Gasteiger partial charge on any atom is 0.305 e. The van der Waals surface area contributed by atoms with Gasteiger partial charge in [0.15, 0.2) is 0 Å². The molecule has 1 aromatic carbocycles. The van der Waals surface area contributed by atoms with E-state index in [1.807, 2.05) is 30.3 Å². The fourth-order valence-electron chi connectivity index (χ4n) is 2.08. The lowest BCUT2D eigenvalue weighted by molar-refractivity contribution is -0.0194. The highest BCUT2D eigenvalue weighted by Gasteiger charge is 2.46. The van der Waals surface area contributed by atoms with Crippen LogP contribution in [0.1, 0.15) is 5.56 Å². The molecule has 4 atom stereocenters. The van der Waals surface area contributed by atoms with Gasteiger partial charge in [-0.3, -0.25) is 8.37 Å². The van der Waals surface area contributed by atoms with Crippen LogP contribution in [-0.2, 0) is 35.8 Å². The van der Waals surface area contributed by atoms with E-state index in [0.29, 0.717) is 19.8 Å². The highest BCUT2D eigenvalue weighted by molar-refractivity contribution is 7.75. The van der Waals surface area contributed by atoms with Gasteiger partial charge in [-0.1, -0.05) is 30.3 Å². The average Bonchev–Trinajstić information content (AvgIpc) is 2.91. The first-order chi connectivity index (χ1) is 8.83. The van der Waals surface area contributed by atoms with Crippen LogP contribution >= 0.6 is 0 Å². The molecule has 3 rings (SSSR count). The van der Waals surface area contributed by atoms with E-state index < -0.39 is 11.4 Å².